The van der Waals surface area contributed by atoms with E-state index in [0.717, 1.165) is 19.4 Å². The average molecular weight is 266 g/mol. The van der Waals surface area contributed by atoms with Gasteiger partial charge in [-0.15, -0.1) is 0 Å². The van der Waals surface area contributed by atoms with E-state index in [4.69, 9.17) is 9.47 Å². The van der Waals surface area contributed by atoms with E-state index in [1.807, 2.05) is 0 Å². The summed E-state index contributed by atoms with van der Waals surface area (Å²) in [6.45, 7) is 1.29. The normalized spacial score (nSPS) is 20.2. The minimum absolute atomic E-state index is 0.105. The number of carboxylic acids is 1. The zero-order valence-corrected chi connectivity index (χ0v) is 10.8. The highest BCUT2D eigenvalue weighted by atomic mass is 16.5. The van der Waals surface area contributed by atoms with Crippen LogP contribution in [0.5, 0.6) is 5.88 Å². The summed E-state index contributed by atoms with van der Waals surface area (Å²) in [7, 11) is 1.52. The maximum atomic E-state index is 11.3. The molecule has 0 amide bonds. The lowest BCUT2D eigenvalue weighted by molar-refractivity contribution is -0.139. The van der Waals surface area contributed by atoms with Gasteiger partial charge in [0.05, 0.1) is 13.2 Å². The average Bonchev–Trinajstić information content (AvgIpc) is 2.92. The fourth-order valence-corrected chi connectivity index (χ4v) is 2.09. The summed E-state index contributed by atoms with van der Waals surface area (Å²) in [4.78, 5) is 15.3. The third-order valence-electron chi connectivity index (χ3n) is 3.12. The van der Waals surface area contributed by atoms with Crippen LogP contribution in [0.25, 0.3) is 0 Å². The Morgan fingerprint density at radius 2 is 2.53 bits per heavy atom. The van der Waals surface area contributed by atoms with Crippen LogP contribution in [0.4, 0.5) is 0 Å². The van der Waals surface area contributed by atoms with Crippen molar-refractivity contribution in [3.63, 3.8) is 0 Å². The molecule has 104 valence electrons. The molecule has 6 heteroatoms. The smallest absolute Gasteiger partial charge is 0.325 e. The highest BCUT2D eigenvalue weighted by molar-refractivity contribution is 5.75. The SMILES string of the molecule is COc1ccc(C(NCC2CCCO2)C(=O)O)cn1. The molecule has 0 bridgehead atoms. The van der Waals surface area contributed by atoms with Gasteiger partial charge in [-0.25, -0.2) is 4.98 Å². The maximum absolute atomic E-state index is 11.3. The first-order valence-corrected chi connectivity index (χ1v) is 6.28. The van der Waals surface area contributed by atoms with Crippen LogP contribution in [0.1, 0.15) is 24.4 Å². The lowest BCUT2D eigenvalue weighted by Gasteiger charge is -2.17. The number of hydrogen-bond acceptors (Lipinski definition) is 5. The second-order valence-electron chi connectivity index (χ2n) is 4.45. The van der Waals surface area contributed by atoms with E-state index >= 15 is 0 Å². The van der Waals surface area contributed by atoms with Crippen LogP contribution in [-0.4, -0.2) is 42.4 Å². The van der Waals surface area contributed by atoms with Crippen molar-refractivity contribution in [1.29, 1.82) is 0 Å². The minimum Gasteiger partial charge on any atom is -0.481 e. The van der Waals surface area contributed by atoms with Crippen molar-refractivity contribution in [1.82, 2.24) is 10.3 Å². The van der Waals surface area contributed by atoms with E-state index in [1.54, 1.807) is 12.1 Å². The molecule has 1 saturated heterocycles. The van der Waals surface area contributed by atoms with Gasteiger partial charge in [0, 0.05) is 25.4 Å². The standard InChI is InChI=1S/C13H18N2O4/c1-18-11-5-4-9(7-14-11)12(13(16)17)15-8-10-3-2-6-19-10/h4-5,7,10,12,15H,2-3,6,8H2,1H3,(H,16,17). The van der Waals surface area contributed by atoms with E-state index in [2.05, 4.69) is 10.3 Å². The molecule has 1 aliphatic rings. The summed E-state index contributed by atoms with van der Waals surface area (Å²) in [5.41, 5.74) is 0.603. The van der Waals surface area contributed by atoms with Gasteiger partial charge in [-0.05, 0) is 24.5 Å². The van der Waals surface area contributed by atoms with E-state index in [9.17, 15) is 9.90 Å². The van der Waals surface area contributed by atoms with Crippen LogP contribution in [0, 0.1) is 0 Å². The van der Waals surface area contributed by atoms with Crippen LogP contribution in [-0.2, 0) is 9.53 Å². The van der Waals surface area contributed by atoms with E-state index in [0.29, 0.717) is 18.0 Å². The van der Waals surface area contributed by atoms with Crippen molar-refractivity contribution in [2.24, 2.45) is 0 Å². The highest BCUT2D eigenvalue weighted by Gasteiger charge is 2.23. The van der Waals surface area contributed by atoms with Crippen LogP contribution >= 0.6 is 0 Å². The molecule has 2 unspecified atom stereocenters. The molecule has 2 atom stereocenters. The third kappa shape index (κ3) is 3.65. The molecule has 0 aromatic carbocycles. The number of pyridine rings is 1. The number of ether oxygens (including phenoxy) is 2. The van der Waals surface area contributed by atoms with Crippen molar-refractivity contribution in [3.05, 3.63) is 23.9 Å². The van der Waals surface area contributed by atoms with Crippen molar-refractivity contribution in [2.45, 2.75) is 25.0 Å². The number of rotatable bonds is 6. The van der Waals surface area contributed by atoms with E-state index in [1.165, 1.54) is 13.3 Å². The summed E-state index contributed by atoms with van der Waals surface area (Å²) in [6, 6.07) is 2.58. The lowest BCUT2D eigenvalue weighted by atomic mass is 10.1. The highest BCUT2D eigenvalue weighted by Crippen LogP contribution is 2.17. The van der Waals surface area contributed by atoms with Gasteiger partial charge < -0.3 is 14.6 Å². The number of carbonyl (C=O) groups is 1. The van der Waals surface area contributed by atoms with Crippen molar-refractivity contribution >= 4 is 5.97 Å². The van der Waals surface area contributed by atoms with Crippen molar-refractivity contribution in [3.8, 4) is 5.88 Å². The van der Waals surface area contributed by atoms with Gasteiger partial charge in [0.15, 0.2) is 0 Å². The molecule has 6 nitrogen and oxygen atoms in total. The Morgan fingerprint density at radius 1 is 1.68 bits per heavy atom. The Bertz CT molecular complexity index is 415. The van der Waals surface area contributed by atoms with Gasteiger partial charge in [0.25, 0.3) is 0 Å². The van der Waals surface area contributed by atoms with Gasteiger partial charge in [-0.2, -0.15) is 0 Å². The topological polar surface area (TPSA) is 80.7 Å². The number of aliphatic carboxylic acids is 1. The molecule has 0 saturated carbocycles. The predicted molar refractivity (Wildman–Crippen MR) is 68.1 cm³/mol. The molecule has 19 heavy (non-hydrogen) atoms. The van der Waals surface area contributed by atoms with Gasteiger partial charge >= 0.3 is 5.97 Å². The molecular formula is C13H18N2O4. The van der Waals surface area contributed by atoms with Crippen LogP contribution < -0.4 is 10.1 Å². The molecule has 2 N–H and O–H groups in total. The zero-order valence-electron chi connectivity index (χ0n) is 10.8. The molecule has 1 aromatic heterocycles. The summed E-state index contributed by atoms with van der Waals surface area (Å²) >= 11 is 0. The van der Waals surface area contributed by atoms with Crippen molar-refractivity contribution < 1.29 is 19.4 Å². The maximum Gasteiger partial charge on any atom is 0.325 e. The Kier molecular flexibility index (Phi) is 4.70. The Balaban J connectivity index is 1.99. The Morgan fingerprint density at radius 3 is 3.05 bits per heavy atom. The first kappa shape index (κ1) is 13.8. The summed E-state index contributed by atoms with van der Waals surface area (Å²) in [5.74, 6) is -0.461. The minimum atomic E-state index is -0.926. The molecule has 1 aromatic rings. The molecule has 0 spiro atoms. The lowest BCUT2D eigenvalue weighted by Crippen LogP contribution is -2.34. The summed E-state index contributed by atoms with van der Waals surface area (Å²) < 4.78 is 10.4. The number of carboxylic acid groups (broad SMARTS) is 1. The number of hydrogen-bond donors (Lipinski definition) is 2. The van der Waals surface area contributed by atoms with Crippen LogP contribution in [0.2, 0.25) is 0 Å². The molecular weight excluding hydrogens is 248 g/mol. The van der Waals surface area contributed by atoms with Gasteiger partial charge in [-0.3, -0.25) is 10.1 Å². The van der Waals surface area contributed by atoms with Gasteiger partial charge in [-0.1, -0.05) is 0 Å². The van der Waals surface area contributed by atoms with E-state index < -0.39 is 12.0 Å². The number of methoxy groups -OCH3 is 1. The Hall–Kier alpha value is -1.66. The molecule has 2 heterocycles. The predicted octanol–water partition coefficient (Wildman–Crippen LogP) is 0.984. The number of aromatic nitrogens is 1. The Labute approximate surface area is 111 Å². The quantitative estimate of drug-likeness (QED) is 0.799. The third-order valence-corrected chi connectivity index (χ3v) is 3.12. The molecule has 2 rings (SSSR count). The van der Waals surface area contributed by atoms with Crippen LogP contribution in [0.3, 0.4) is 0 Å². The van der Waals surface area contributed by atoms with Crippen LogP contribution in [0.15, 0.2) is 18.3 Å². The molecule has 1 aliphatic heterocycles. The fraction of sp³-hybridized carbons (Fsp3) is 0.538. The van der Waals surface area contributed by atoms with Gasteiger partial charge in [0.2, 0.25) is 5.88 Å². The second kappa shape index (κ2) is 6.49. The summed E-state index contributed by atoms with van der Waals surface area (Å²) in [5, 5.41) is 12.3. The summed E-state index contributed by atoms with van der Waals surface area (Å²) in [6.07, 6.45) is 3.63. The molecule has 0 radical (unpaired) electrons. The molecule has 0 aliphatic carbocycles. The van der Waals surface area contributed by atoms with Crippen molar-refractivity contribution in [2.75, 3.05) is 20.3 Å². The second-order valence-corrected chi connectivity index (χ2v) is 4.45. The first-order valence-electron chi connectivity index (χ1n) is 6.28. The van der Waals surface area contributed by atoms with E-state index in [-0.39, 0.29) is 6.10 Å². The monoisotopic (exact) mass is 266 g/mol. The zero-order chi connectivity index (χ0) is 13.7. The number of nitrogens with one attached hydrogen (secondary N) is 1. The first-order chi connectivity index (χ1) is 9.20. The fourth-order valence-electron chi connectivity index (χ4n) is 2.09. The van der Waals surface area contributed by atoms with Gasteiger partial charge in [0.1, 0.15) is 6.04 Å². The largest absolute Gasteiger partial charge is 0.481 e. The molecule has 1 fully saturated rings. The number of nitrogens with zero attached hydrogens (tertiary/aromatic N) is 1.